The molecule has 0 atom stereocenters. The molecule has 1 aromatic rings. The fourth-order valence-electron chi connectivity index (χ4n) is 1.49. The highest BCUT2D eigenvalue weighted by Gasteiger charge is 2.14. The van der Waals surface area contributed by atoms with Crippen molar-refractivity contribution in [3.05, 3.63) is 29.3 Å². The minimum absolute atomic E-state index is 0.102. The Labute approximate surface area is 111 Å². The maximum absolute atomic E-state index is 11.7. The van der Waals surface area contributed by atoms with E-state index in [2.05, 4.69) is 0 Å². The number of esters is 1. The van der Waals surface area contributed by atoms with Gasteiger partial charge in [-0.05, 0) is 43.1 Å². The molecule has 0 heterocycles. The fraction of sp³-hybridized carbons (Fsp3) is 0.385. The Morgan fingerprint density at radius 2 is 1.94 bits per heavy atom. The Kier molecular flexibility index (Phi) is 5.65. The maximum Gasteiger partial charge on any atom is 0.341 e. The Morgan fingerprint density at radius 1 is 1.22 bits per heavy atom. The summed E-state index contributed by atoms with van der Waals surface area (Å²) in [5, 5.41) is -0.457. The normalized spacial score (nSPS) is 9.94. The molecule has 1 aromatic carbocycles. The van der Waals surface area contributed by atoms with E-state index in [4.69, 9.17) is 21.1 Å². The van der Waals surface area contributed by atoms with Gasteiger partial charge in [-0.1, -0.05) is 6.07 Å². The second-order valence-electron chi connectivity index (χ2n) is 3.52. The smallest absolute Gasteiger partial charge is 0.341 e. The van der Waals surface area contributed by atoms with Crippen molar-refractivity contribution in [2.24, 2.45) is 0 Å². The van der Waals surface area contributed by atoms with Gasteiger partial charge in [0.2, 0.25) is 5.24 Å². The number of rotatable bonds is 6. The van der Waals surface area contributed by atoms with Gasteiger partial charge in [0, 0.05) is 6.42 Å². The molecule has 0 N–H and O–H groups in total. The van der Waals surface area contributed by atoms with Crippen molar-refractivity contribution >= 4 is 22.8 Å². The van der Waals surface area contributed by atoms with Gasteiger partial charge in [-0.3, -0.25) is 4.79 Å². The minimum atomic E-state index is -0.457. The van der Waals surface area contributed by atoms with Crippen LogP contribution in [0.3, 0.4) is 0 Å². The number of carbonyl (C=O) groups is 2. The summed E-state index contributed by atoms with van der Waals surface area (Å²) in [4.78, 5) is 22.5. The summed E-state index contributed by atoms with van der Waals surface area (Å²) in [6.07, 6.45) is 0.102. The van der Waals surface area contributed by atoms with Crippen molar-refractivity contribution in [3.63, 3.8) is 0 Å². The predicted octanol–water partition coefficient (Wildman–Crippen LogP) is 2.57. The molecule has 18 heavy (non-hydrogen) atoms. The molecular formula is C13H15ClO4. The molecule has 0 saturated heterocycles. The van der Waals surface area contributed by atoms with E-state index in [0.29, 0.717) is 30.1 Å². The van der Waals surface area contributed by atoms with Crippen LogP contribution in [0.1, 0.15) is 29.8 Å². The van der Waals surface area contributed by atoms with E-state index in [1.807, 2.05) is 6.92 Å². The van der Waals surface area contributed by atoms with E-state index in [1.54, 1.807) is 25.1 Å². The van der Waals surface area contributed by atoms with Gasteiger partial charge in [-0.25, -0.2) is 4.79 Å². The van der Waals surface area contributed by atoms with Crippen LogP contribution in [0.2, 0.25) is 0 Å². The number of hydrogen-bond acceptors (Lipinski definition) is 4. The molecule has 0 fully saturated rings. The molecule has 1 rings (SSSR count). The first kappa shape index (κ1) is 14.5. The minimum Gasteiger partial charge on any atom is -0.493 e. The van der Waals surface area contributed by atoms with Crippen molar-refractivity contribution in [1.29, 1.82) is 0 Å². The molecule has 0 unspecified atom stereocenters. The van der Waals surface area contributed by atoms with Gasteiger partial charge in [0.1, 0.15) is 11.3 Å². The molecule has 0 aromatic heterocycles. The summed E-state index contributed by atoms with van der Waals surface area (Å²) in [6.45, 7) is 4.27. The quantitative estimate of drug-likeness (QED) is 0.589. The molecule has 98 valence electrons. The molecule has 0 saturated carbocycles. The Bertz CT molecular complexity index is 443. The standard InChI is InChI=1S/C13H15ClO4/c1-3-17-11-7-9(8-12(14)15)5-6-10(11)13(16)18-4-2/h5-7H,3-4,8H2,1-2H3. The first-order valence-corrected chi connectivity index (χ1v) is 6.07. The second kappa shape index (κ2) is 7.01. The van der Waals surface area contributed by atoms with Crippen molar-refractivity contribution in [2.45, 2.75) is 20.3 Å². The number of benzene rings is 1. The molecule has 0 amide bonds. The summed E-state index contributed by atoms with van der Waals surface area (Å²) < 4.78 is 10.3. The second-order valence-corrected chi connectivity index (χ2v) is 3.94. The number of hydrogen-bond donors (Lipinski definition) is 0. The van der Waals surface area contributed by atoms with Crippen LogP contribution in [0.15, 0.2) is 18.2 Å². The lowest BCUT2D eigenvalue weighted by molar-refractivity contribution is -0.111. The van der Waals surface area contributed by atoms with Crippen molar-refractivity contribution < 1.29 is 19.1 Å². The maximum atomic E-state index is 11.7. The van der Waals surface area contributed by atoms with E-state index >= 15 is 0 Å². The van der Waals surface area contributed by atoms with Crippen LogP contribution in [-0.2, 0) is 16.0 Å². The van der Waals surface area contributed by atoms with Crippen LogP contribution < -0.4 is 4.74 Å². The van der Waals surface area contributed by atoms with E-state index in [-0.39, 0.29) is 6.42 Å². The summed E-state index contributed by atoms with van der Waals surface area (Å²) in [5.41, 5.74) is 1.05. The Balaban J connectivity index is 3.03. The molecule has 0 bridgehead atoms. The fourth-order valence-corrected chi connectivity index (χ4v) is 1.64. The van der Waals surface area contributed by atoms with Gasteiger partial charge >= 0.3 is 5.97 Å². The third kappa shape index (κ3) is 4.04. The average Bonchev–Trinajstić information content (AvgIpc) is 2.29. The van der Waals surface area contributed by atoms with Gasteiger partial charge in [0.15, 0.2) is 0 Å². The SMILES string of the molecule is CCOC(=O)c1ccc(CC(=O)Cl)cc1OCC. The van der Waals surface area contributed by atoms with Crippen molar-refractivity contribution in [3.8, 4) is 5.75 Å². The van der Waals surface area contributed by atoms with Crippen LogP contribution >= 0.6 is 11.6 Å². The highest BCUT2D eigenvalue weighted by molar-refractivity contribution is 6.63. The molecular weight excluding hydrogens is 256 g/mol. The van der Waals surface area contributed by atoms with E-state index < -0.39 is 11.2 Å². The van der Waals surface area contributed by atoms with Crippen LogP contribution in [0.25, 0.3) is 0 Å². The largest absolute Gasteiger partial charge is 0.493 e. The van der Waals surface area contributed by atoms with Gasteiger partial charge in [-0.15, -0.1) is 0 Å². The molecule has 0 radical (unpaired) electrons. The summed E-state index contributed by atoms with van der Waals surface area (Å²) >= 11 is 5.32. The van der Waals surface area contributed by atoms with Crippen LogP contribution in [0.5, 0.6) is 5.75 Å². The third-order valence-corrected chi connectivity index (χ3v) is 2.32. The number of halogens is 1. The zero-order chi connectivity index (χ0) is 13.5. The zero-order valence-electron chi connectivity index (χ0n) is 10.4. The van der Waals surface area contributed by atoms with E-state index in [0.717, 1.165) is 0 Å². The van der Waals surface area contributed by atoms with Gasteiger partial charge < -0.3 is 9.47 Å². The highest BCUT2D eigenvalue weighted by Crippen LogP contribution is 2.22. The van der Waals surface area contributed by atoms with Crippen molar-refractivity contribution in [1.82, 2.24) is 0 Å². The Morgan fingerprint density at radius 3 is 2.50 bits per heavy atom. The first-order valence-electron chi connectivity index (χ1n) is 5.69. The molecule has 0 spiro atoms. The van der Waals surface area contributed by atoms with E-state index in [1.165, 1.54) is 0 Å². The zero-order valence-corrected chi connectivity index (χ0v) is 11.1. The van der Waals surface area contributed by atoms with Crippen LogP contribution in [0, 0.1) is 0 Å². The monoisotopic (exact) mass is 270 g/mol. The molecule has 0 aliphatic heterocycles. The van der Waals surface area contributed by atoms with Crippen molar-refractivity contribution in [2.75, 3.05) is 13.2 Å². The molecule has 0 aliphatic rings. The molecule has 4 nitrogen and oxygen atoms in total. The van der Waals surface area contributed by atoms with E-state index in [9.17, 15) is 9.59 Å². The third-order valence-electron chi connectivity index (χ3n) is 2.18. The predicted molar refractivity (Wildman–Crippen MR) is 68.1 cm³/mol. The summed E-state index contributed by atoms with van der Waals surface area (Å²) in [5.74, 6) is -0.0314. The topological polar surface area (TPSA) is 52.6 Å². The van der Waals surface area contributed by atoms with Gasteiger partial charge in [0.25, 0.3) is 0 Å². The summed E-state index contributed by atoms with van der Waals surface area (Å²) in [6, 6.07) is 4.88. The van der Waals surface area contributed by atoms with Crippen LogP contribution in [-0.4, -0.2) is 24.4 Å². The highest BCUT2D eigenvalue weighted by atomic mass is 35.5. The average molecular weight is 271 g/mol. The lowest BCUT2D eigenvalue weighted by Gasteiger charge is -2.10. The lowest BCUT2D eigenvalue weighted by atomic mass is 10.1. The molecule has 5 heteroatoms. The lowest BCUT2D eigenvalue weighted by Crippen LogP contribution is -2.08. The first-order chi connectivity index (χ1) is 8.58. The summed E-state index contributed by atoms with van der Waals surface area (Å²) in [7, 11) is 0. The van der Waals surface area contributed by atoms with Gasteiger partial charge in [0.05, 0.1) is 13.2 Å². The van der Waals surface area contributed by atoms with Crippen LogP contribution in [0.4, 0.5) is 0 Å². The number of carbonyl (C=O) groups excluding carboxylic acids is 2. The Hall–Kier alpha value is -1.55. The van der Waals surface area contributed by atoms with Gasteiger partial charge in [-0.2, -0.15) is 0 Å². The molecule has 0 aliphatic carbocycles. The number of ether oxygens (including phenoxy) is 2.